The van der Waals surface area contributed by atoms with Gasteiger partial charge in [-0.15, -0.1) is 11.3 Å². The van der Waals surface area contributed by atoms with Gasteiger partial charge in [0.25, 0.3) is 0 Å². The maximum Gasteiger partial charge on any atom is 0.358 e. The Bertz CT molecular complexity index is 919. The fraction of sp³-hybridized carbons (Fsp3) is 0.190. The highest BCUT2D eigenvalue weighted by atomic mass is 32.1. The van der Waals surface area contributed by atoms with Crippen molar-refractivity contribution in [1.29, 1.82) is 0 Å². The summed E-state index contributed by atoms with van der Waals surface area (Å²) in [5.41, 5.74) is 1.59. The van der Waals surface area contributed by atoms with Crippen LogP contribution in [0.5, 0.6) is 5.75 Å². The van der Waals surface area contributed by atoms with Gasteiger partial charge in [-0.05, 0) is 38.1 Å². The third-order valence-corrected chi connectivity index (χ3v) is 4.73. The molecule has 0 N–H and O–H groups in total. The van der Waals surface area contributed by atoms with Gasteiger partial charge in [-0.3, -0.25) is 4.79 Å². The molecule has 1 aromatic heterocycles. The molecule has 3 aromatic rings. The van der Waals surface area contributed by atoms with Crippen LogP contribution in [0, 0.1) is 0 Å². The summed E-state index contributed by atoms with van der Waals surface area (Å²) in [6, 6.07) is 16.3. The number of aromatic nitrogens is 1. The van der Waals surface area contributed by atoms with Crippen molar-refractivity contribution in [2.24, 2.45) is 0 Å². The molecule has 6 heteroatoms. The van der Waals surface area contributed by atoms with E-state index in [2.05, 4.69) is 4.98 Å². The zero-order valence-corrected chi connectivity index (χ0v) is 15.9. The Hall–Kier alpha value is -2.99. The van der Waals surface area contributed by atoms with E-state index in [4.69, 9.17) is 9.47 Å². The van der Waals surface area contributed by atoms with E-state index in [0.717, 1.165) is 10.6 Å². The lowest BCUT2D eigenvalue weighted by atomic mass is 10.1. The van der Waals surface area contributed by atoms with Gasteiger partial charge in [0, 0.05) is 16.5 Å². The van der Waals surface area contributed by atoms with E-state index in [9.17, 15) is 9.59 Å². The molecule has 27 heavy (non-hydrogen) atoms. The summed E-state index contributed by atoms with van der Waals surface area (Å²) in [6.45, 7) is 4.00. The number of benzene rings is 2. The van der Waals surface area contributed by atoms with E-state index in [-0.39, 0.29) is 11.5 Å². The molecule has 0 aliphatic rings. The molecule has 0 fully saturated rings. The van der Waals surface area contributed by atoms with Crippen molar-refractivity contribution in [2.45, 2.75) is 20.0 Å². The van der Waals surface area contributed by atoms with Crippen LogP contribution in [-0.2, 0) is 4.74 Å². The van der Waals surface area contributed by atoms with Crippen LogP contribution in [0.3, 0.4) is 0 Å². The van der Waals surface area contributed by atoms with Gasteiger partial charge in [0.1, 0.15) is 10.8 Å². The minimum absolute atomic E-state index is 0.199. The van der Waals surface area contributed by atoms with E-state index >= 15 is 0 Å². The Kier molecular flexibility index (Phi) is 5.98. The average Bonchev–Trinajstić information content (AvgIpc) is 3.19. The SMILES string of the molecule is CCOc1ccc(C(=O)[C@H](C)OC(=O)c2csc(-c3ccccc3)n2)cc1. The molecule has 0 saturated heterocycles. The summed E-state index contributed by atoms with van der Waals surface area (Å²) in [4.78, 5) is 29.1. The van der Waals surface area contributed by atoms with E-state index in [0.29, 0.717) is 17.9 Å². The molecule has 0 amide bonds. The molecular formula is C21H19NO4S. The molecule has 0 unspecified atom stereocenters. The van der Waals surface area contributed by atoms with Gasteiger partial charge in [-0.1, -0.05) is 30.3 Å². The second kappa shape index (κ2) is 8.60. The Morgan fingerprint density at radius 1 is 1.07 bits per heavy atom. The summed E-state index contributed by atoms with van der Waals surface area (Å²) in [5.74, 6) is -0.195. The molecule has 0 aliphatic carbocycles. The van der Waals surface area contributed by atoms with Gasteiger partial charge in [-0.25, -0.2) is 9.78 Å². The van der Waals surface area contributed by atoms with Crippen molar-refractivity contribution in [3.63, 3.8) is 0 Å². The van der Waals surface area contributed by atoms with E-state index in [1.165, 1.54) is 11.3 Å². The van der Waals surface area contributed by atoms with Crippen LogP contribution in [0.25, 0.3) is 10.6 Å². The van der Waals surface area contributed by atoms with E-state index in [1.807, 2.05) is 37.3 Å². The fourth-order valence-corrected chi connectivity index (χ4v) is 3.27. The third-order valence-electron chi connectivity index (χ3n) is 3.84. The van der Waals surface area contributed by atoms with Crippen LogP contribution in [-0.4, -0.2) is 29.4 Å². The molecule has 1 heterocycles. The first kappa shape index (κ1) is 18.8. The Labute approximate surface area is 161 Å². The predicted octanol–water partition coefficient (Wildman–Crippen LogP) is 4.64. The Balaban J connectivity index is 1.65. The topological polar surface area (TPSA) is 65.5 Å². The van der Waals surface area contributed by atoms with E-state index in [1.54, 1.807) is 36.6 Å². The molecule has 0 bridgehead atoms. The maximum absolute atomic E-state index is 12.5. The highest BCUT2D eigenvalue weighted by Crippen LogP contribution is 2.24. The smallest absolute Gasteiger partial charge is 0.358 e. The maximum atomic E-state index is 12.5. The first-order valence-corrected chi connectivity index (χ1v) is 9.45. The van der Waals surface area contributed by atoms with Crippen molar-refractivity contribution in [3.05, 3.63) is 71.2 Å². The predicted molar refractivity (Wildman–Crippen MR) is 104 cm³/mol. The monoisotopic (exact) mass is 381 g/mol. The molecule has 3 rings (SSSR count). The van der Waals surface area contributed by atoms with Crippen LogP contribution in [0.1, 0.15) is 34.7 Å². The van der Waals surface area contributed by atoms with Gasteiger partial charge in [0.2, 0.25) is 5.78 Å². The zero-order valence-electron chi connectivity index (χ0n) is 15.0. The molecule has 0 spiro atoms. The molecule has 5 nitrogen and oxygen atoms in total. The number of ether oxygens (including phenoxy) is 2. The largest absolute Gasteiger partial charge is 0.494 e. The van der Waals surface area contributed by atoms with Crippen LogP contribution in [0.4, 0.5) is 0 Å². The third kappa shape index (κ3) is 4.60. The van der Waals surface area contributed by atoms with Crippen LogP contribution < -0.4 is 4.74 Å². The van der Waals surface area contributed by atoms with Gasteiger partial charge in [-0.2, -0.15) is 0 Å². The molecule has 0 saturated carbocycles. The highest BCUT2D eigenvalue weighted by molar-refractivity contribution is 7.13. The summed E-state index contributed by atoms with van der Waals surface area (Å²) >= 11 is 1.36. The number of carbonyl (C=O) groups is 2. The number of esters is 1. The molecule has 2 aromatic carbocycles. The number of thiazole rings is 1. The minimum Gasteiger partial charge on any atom is -0.494 e. The van der Waals surface area contributed by atoms with Crippen molar-refractivity contribution in [3.8, 4) is 16.3 Å². The first-order valence-electron chi connectivity index (χ1n) is 8.57. The summed E-state index contributed by atoms with van der Waals surface area (Å²) in [5, 5.41) is 2.37. The summed E-state index contributed by atoms with van der Waals surface area (Å²) in [6.07, 6.45) is -0.905. The van der Waals surface area contributed by atoms with Gasteiger partial charge in [0.05, 0.1) is 6.61 Å². The number of carbonyl (C=O) groups excluding carboxylic acids is 2. The molecular weight excluding hydrogens is 362 g/mol. The lowest BCUT2D eigenvalue weighted by molar-refractivity contribution is 0.0314. The second-order valence-electron chi connectivity index (χ2n) is 5.77. The number of rotatable bonds is 7. The van der Waals surface area contributed by atoms with Crippen molar-refractivity contribution >= 4 is 23.1 Å². The normalized spacial score (nSPS) is 11.6. The second-order valence-corrected chi connectivity index (χ2v) is 6.63. The van der Waals surface area contributed by atoms with Crippen molar-refractivity contribution < 1.29 is 19.1 Å². The quantitative estimate of drug-likeness (QED) is 0.441. The highest BCUT2D eigenvalue weighted by Gasteiger charge is 2.22. The standard InChI is InChI=1S/C21H19NO4S/c1-3-25-17-11-9-15(10-12-17)19(23)14(2)26-21(24)18-13-27-20(22-18)16-7-5-4-6-8-16/h4-14H,3H2,1-2H3/t14-/m0/s1. The Morgan fingerprint density at radius 3 is 2.44 bits per heavy atom. The first-order chi connectivity index (χ1) is 13.1. The molecule has 1 atom stereocenters. The van der Waals surface area contributed by atoms with Crippen LogP contribution >= 0.6 is 11.3 Å². The molecule has 138 valence electrons. The number of hydrogen-bond acceptors (Lipinski definition) is 6. The number of Topliss-reactive ketones (excluding diaryl/α,β-unsaturated/α-hetero) is 1. The summed E-state index contributed by atoms with van der Waals surface area (Å²) in [7, 11) is 0. The lowest BCUT2D eigenvalue weighted by Crippen LogP contribution is -2.24. The van der Waals surface area contributed by atoms with Crippen molar-refractivity contribution in [2.75, 3.05) is 6.61 Å². The summed E-state index contributed by atoms with van der Waals surface area (Å²) < 4.78 is 10.7. The average molecular weight is 381 g/mol. The van der Waals surface area contributed by atoms with Crippen LogP contribution in [0.15, 0.2) is 60.0 Å². The number of hydrogen-bond donors (Lipinski definition) is 0. The van der Waals surface area contributed by atoms with Gasteiger partial charge < -0.3 is 9.47 Å². The molecule has 0 aliphatic heterocycles. The zero-order chi connectivity index (χ0) is 19.2. The Morgan fingerprint density at radius 2 is 1.78 bits per heavy atom. The fourth-order valence-electron chi connectivity index (χ4n) is 2.47. The van der Waals surface area contributed by atoms with Crippen molar-refractivity contribution in [1.82, 2.24) is 4.98 Å². The van der Waals surface area contributed by atoms with E-state index < -0.39 is 12.1 Å². The van der Waals surface area contributed by atoms with Gasteiger partial charge in [0.15, 0.2) is 11.8 Å². The van der Waals surface area contributed by atoms with Gasteiger partial charge >= 0.3 is 5.97 Å². The number of nitrogens with zero attached hydrogens (tertiary/aromatic N) is 1. The number of ketones is 1. The lowest BCUT2D eigenvalue weighted by Gasteiger charge is -2.12. The minimum atomic E-state index is -0.905. The molecule has 0 radical (unpaired) electrons. The van der Waals surface area contributed by atoms with Crippen LogP contribution in [0.2, 0.25) is 0 Å².